The van der Waals surface area contributed by atoms with Crippen molar-refractivity contribution in [3.8, 4) is 11.3 Å². The normalized spacial score (nSPS) is 14.3. The highest BCUT2D eigenvalue weighted by Gasteiger charge is 2.29. The van der Waals surface area contributed by atoms with E-state index in [0.717, 1.165) is 16.8 Å². The van der Waals surface area contributed by atoms with E-state index < -0.39 is 12.1 Å². The van der Waals surface area contributed by atoms with Crippen LogP contribution in [0.25, 0.3) is 22.3 Å². The number of nitrogens with one attached hydrogen (secondary N) is 2. The van der Waals surface area contributed by atoms with Crippen molar-refractivity contribution in [1.82, 2.24) is 20.6 Å². The molecule has 1 atom stereocenters. The van der Waals surface area contributed by atoms with Gasteiger partial charge in [0.05, 0.1) is 22.4 Å². The number of carbonyl (C=O) groups excluding carboxylic acids is 2. The molecular weight excluding hydrogens is 492 g/mol. The number of halogens is 1. The number of unbranched alkanes of at least 4 members (excludes halogenated alkanes) is 1. The average Bonchev–Trinajstić information content (AvgIpc) is 3.21. The summed E-state index contributed by atoms with van der Waals surface area (Å²) in [6.07, 6.45) is 1.16. The highest BCUT2D eigenvalue weighted by molar-refractivity contribution is 6.30. The molecule has 4 aromatic rings. The van der Waals surface area contributed by atoms with Crippen LogP contribution in [0.2, 0.25) is 5.02 Å². The molecule has 0 saturated heterocycles. The van der Waals surface area contributed by atoms with Crippen molar-refractivity contribution >= 4 is 40.4 Å². The fourth-order valence-corrected chi connectivity index (χ4v) is 4.51. The molecular formula is C28H23ClN4O4. The summed E-state index contributed by atoms with van der Waals surface area (Å²) in [6, 6.07) is 19.5. The van der Waals surface area contributed by atoms with Gasteiger partial charge in [0.25, 0.3) is 11.8 Å². The van der Waals surface area contributed by atoms with Gasteiger partial charge >= 0.3 is 5.97 Å². The molecule has 1 aliphatic heterocycles. The van der Waals surface area contributed by atoms with Crippen molar-refractivity contribution in [2.75, 3.05) is 0 Å². The lowest BCUT2D eigenvalue weighted by molar-refractivity contribution is -0.137. The van der Waals surface area contributed by atoms with Crippen molar-refractivity contribution in [2.45, 2.75) is 31.8 Å². The lowest BCUT2D eigenvalue weighted by atomic mass is 10.0. The van der Waals surface area contributed by atoms with Crippen molar-refractivity contribution in [2.24, 2.45) is 0 Å². The molecule has 0 saturated carbocycles. The van der Waals surface area contributed by atoms with Crippen LogP contribution in [0.15, 0.2) is 66.7 Å². The second-order valence-electron chi connectivity index (χ2n) is 8.80. The minimum absolute atomic E-state index is 0.0858. The van der Waals surface area contributed by atoms with Gasteiger partial charge in [-0.25, -0.2) is 9.97 Å². The third-order valence-corrected chi connectivity index (χ3v) is 6.49. The van der Waals surface area contributed by atoms with E-state index in [1.54, 1.807) is 48.5 Å². The molecule has 8 nitrogen and oxygen atoms in total. The van der Waals surface area contributed by atoms with Gasteiger partial charge in [-0.1, -0.05) is 41.9 Å². The Morgan fingerprint density at radius 2 is 1.76 bits per heavy atom. The third kappa shape index (κ3) is 5.29. The summed E-state index contributed by atoms with van der Waals surface area (Å²) in [4.78, 5) is 45.8. The average molecular weight is 515 g/mol. The fourth-order valence-electron chi connectivity index (χ4n) is 4.38. The van der Waals surface area contributed by atoms with Crippen LogP contribution >= 0.6 is 11.6 Å². The van der Waals surface area contributed by atoms with E-state index in [9.17, 15) is 14.4 Å². The summed E-state index contributed by atoms with van der Waals surface area (Å²) in [5.41, 5.74) is 5.08. The second kappa shape index (κ2) is 10.4. The standard InChI is InChI=1S/C28H23ClN4O4/c29-18-12-9-16(10-13-18)25-22(7-3-4-8-24(34)35)30-23-15-17(11-14-21(23)31-25)27(36)32-26-19-5-1-2-6-20(19)28(37)33-26/h1-2,5-6,9-15,26H,3-4,7-8H2,(H,32,36)(H,33,37)(H,34,35). The van der Waals surface area contributed by atoms with Gasteiger partial charge in [0, 0.05) is 33.7 Å². The Morgan fingerprint density at radius 1 is 0.973 bits per heavy atom. The van der Waals surface area contributed by atoms with E-state index in [2.05, 4.69) is 10.6 Å². The first-order valence-electron chi connectivity index (χ1n) is 11.9. The Hall–Kier alpha value is -4.30. The Labute approximate surface area is 217 Å². The van der Waals surface area contributed by atoms with Gasteiger partial charge in [-0.05, 0) is 55.7 Å². The second-order valence-corrected chi connectivity index (χ2v) is 9.23. The maximum absolute atomic E-state index is 13.1. The van der Waals surface area contributed by atoms with Gasteiger partial charge in [0.1, 0.15) is 6.17 Å². The molecule has 5 rings (SSSR count). The van der Waals surface area contributed by atoms with Gasteiger partial charge in [-0.2, -0.15) is 0 Å². The Morgan fingerprint density at radius 3 is 2.54 bits per heavy atom. The zero-order valence-corrected chi connectivity index (χ0v) is 20.5. The van der Waals surface area contributed by atoms with E-state index in [1.807, 2.05) is 18.2 Å². The number of fused-ring (bicyclic) bond motifs is 2. The highest BCUT2D eigenvalue weighted by atomic mass is 35.5. The molecule has 0 aliphatic carbocycles. The van der Waals surface area contributed by atoms with Crippen LogP contribution in [0, 0.1) is 0 Å². The van der Waals surface area contributed by atoms with E-state index in [-0.39, 0.29) is 18.2 Å². The molecule has 0 spiro atoms. The quantitative estimate of drug-likeness (QED) is 0.287. The number of hydrogen-bond donors (Lipinski definition) is 3. The third-order valence-electron chi connectivity index (χ3n) is 6.24. The van der Waals surface area contributed by atoms with Crippen LogP contribution < -0.4 is 10.6 Å². The van der Waals surface area contributed by atoms with Crippen molar-refractivity contribution in [1.29, 1.82) is 0 Å². The number of amides is 2. The van der Waals surface area contributed by atoms with Crippen molar-refractivity contribution in [3.63, 3.8) is 0 Å². The molecule has 1 unspecified atom stereocenters. The summed E-state index contributed by atoms with van der Waals surface area (Å²) < 4.78 is 0. The molecule has 0 fully saturated rings. The molecule has 1 aliphatic rings. The van der Waals surface area contributed by atoms with Crippen LogP contribution in [0.4, 0.5) is 0 Å². The van der Waals surface area contributed by atoms with Crippen LogP contribution in [-0.4, -0.2) is 32.9 Å². The number of aliphatic carboxylic acids is 1. The van der Waals surface area contributed by atoms with Gasteiger partial charge in [-0.3, -0.25) is 14.4 Å². The number of nitrogens with zero attached hydrogens (tertiary/aromatic N) is 2. The molecule has 9 heteroatoms. The lowest BCUT2D eigenvalue weighted by Crippen LogP contribution is -2.35. The number of carbonyl (C=O) groups is 3. The number of aromatic nitrogens is 2. The molecule has 3 N–H and O–H groups in total. The number of carboxylic acid groups (broad SMARTS) is 1. The molecule has 0 bridgehead atoms. The molecule has 186 valence electrons. The number of carboxylic acids is 1. The van der Waals surface area contributed by atoms with Crippen LogP contribution in [0.1, 0.15) is 57.4 Å². The molecule has 1 aromatic heterocycles. The first-order valence-corrected chi connectivity index (χ1v) is 12.3. The maximum Gasteiger partial charge on any atom is 0.303 e. The van der Waals surface area contributed by atoms with Gasteiger partial charge in [-0.15, -0.1) is 0 Å². The zero-order chi connectivity index (χ0) is 25.9. The van der Waals surface area contributed by atoms with Gasteiger partial charge < -0.3 is 15.7 Å². The predicted octanol–water partition coefficient (Wildman–Crippen LogP) is 4.92. The predicted molar refractivity (Wildman–Crippen MR) is 139 cm³/mol. The Kier molecular flexibility index (Phi) is 6.83. The number of benzene rings is 3. The highest BCUT2D eigenvalue weighted by Crippen LogP contribution is 2.27. The maximum atomic E-state index is 13.1. The first kappa shape index (κ1) is 24.4. The van der Waals surface area contributed by atoms with Crippen molar-refractivity contribution in [3.05, 3.63) is 94.1 Å². The van der Waals surface area contributed by atoms with Gasteiger partial charge in [0.2, 0.25) is 0 Å². The van der Waals surface area contributed by atoms with E-state index in [1.165, 1.54) is 0 Å². The summed E-state index contributed by atoms with van der Waals surface area (Å²) in [5.74, 6) is -1.41. The summed E-state index contributed by atoms with van der Waals surface area (Å²) in [7, 11) is 0. The molecule has 3 aromatic carbocycles. The van der Waals surface area contributed by atoms with E-state index in [4.69, 9.17) is 26.7 Å². The Balaban J connectivity index is 1.44. The summed E-state index contributed by atoms with van der Waals surface area (Å²) >= 11 is 6.06. The number of rotatable bonds is 8. The first-order chi connectivity index (χ1) is 17.9. The van der Waals surface area contributed by atoms with Crippen LogP contribution in [0.3, 0.4) is 0 Å². The lowest BCUT2D eigenvalue weighted by Gasteiger charge is -2.15. The topological polar surface area (TPSA) is 121 Å². The van der Waals surface area contributed by atoms with Crippen molar-refractivity contribution < 1.29 is 19.5 Å². The Bertz CT molecular complexity index is 1520. The molecule has 2 heterocycles. The molecule has 0 radical (unpaired) electrons. The van der Waals surface area contributed by atoms with E-state index >= 15 is 0 Å². The largest absolute Gasteiger partial charge is 0.481 e. The molecule has 2 amide bonds. The van der Waals surface area contributed by atoms with Crippen LogP contribution in [0.5, 0.6) is 0 Å². The number of aryl methyl sites for hydroxylation is 1. The summed E-state index contributed by atoms with van der Waals surface area (Å²) in [6.45, 7) is 0. The zero-order valence-electron chi connectivity index (χ0n) is 19.7. The molecule has 37 heavy (non-hydrogen) atoms. The van der Waals surface area contributed by atoms with Crippen LogP contribution in [-0.2, 0) is 11.2 Å². The SMILES string of the molecule is O=C(O)CCCCc1nc2cc(C(=O)NC3NC(=O)c4ccccc43)ccc2nc1-c1ccc(Cl)cc1. The smallest absolute Gasteiger partial charge is 0.303 e. The minimum atomic E-state index is -0.834. The van der Waals surface area contributed by atoms with E-state index in [0.29, 0.717) is 52.1 Å². The summed E-state index contributed by atoms with van der Waals surface area (Å²) in [5, 5.41) is 15.2. The monoisotopic (exact) mass is 514 g/mol. The fraction of sp³-hybridized carbons (Fsp3) is 0.179. The number of hydrogen-bond acceptors (Lipinski definition) is 5. The van der Waals surface area contributed by atoms with Gasteiger partial charge in [0.15, 0.2) is 0 Å². The minimum Gasteiger partial charge on any atom is -0.481 e.